The van der Waals surface area contributed by atoms with Crippen LogP contribution in [0.2, 0.25) is 5.02 Å². The summed E-state index contributed by atoms with van der Waals surface area (Å²) in [4.78, 5) is 40.1. The molecule has 0 spiro atoms. The summed E-state index contributed by atoms with van der Waals surface area (Å²) in [6.07, 6.45) is 1.43. The highest BCUT2D eigenvalue weighted by atomic mass is 79.9. The molecule has 0 radical (unpaired) electrons. The number of nitrogens with zero attached hydrogens (tertiary/aromatic N) is 1. The molecule has 4 rings (SSSR count). The lowest BCUT2D eigenvalue weighted by Crippen LogP contribution is -2.54. The Kier molecular flexibility index (Phi) is 8.91. The first-order valence-corrected chi connectivity index (χ1v) is 13.5. The minimum atomic E-state index is -0.801. The molecule has 0 atom stereocenters. The fourth-order valence-electron chi connectivity index (χ4n) is 3.49. The fourth-order valence-corrected chi connectivity index (χ4v) is 4.61. The molecular weight excluding hydrogens is 580 g/mol. The van der Waals surface area contributed by atoms with E-state index in [-0.39, 0.29) is 5.57 Å². The lowest BCUT2D eigenvalue weighted by atomic mass is 10.1. The van der Waals surface area contributed by atoms with Crippen LogP contribution in [0.4, 0.5) is 10.5 Å². The van der Waals surface area contributed by atoms with Gasteiger partial charge in [-0.25, -0.2) is 9.69 Å². The lowest BCUT2D eigenvalue weighted by molar-refractivity contribution is -0.122. The number of halogens is 2. The predicted octanol–water partition coefficient (Wildman–Crippen LogP) is 6.34. The van der Waals surface area contributed by atoms with Crippen molar-refractivity contribution in [3.05, 3.63) is 87.4 Å². The van der Waals surface area contributed by atoms with Crippen LogP contribution in [0.25, 0.3) is 6.08 Å². The second-order valence-electron chi connectivity index (χ2n) is 7.72. The standard InChI is InChI=1S/C27H22BrClN2O5S/c1-2-35-24-16-17(3-12-23(24)36-13-14-37-21-10-6-19(29)7-11-21)15-22-25(32)30-27(34)31(26(22)33)20-8-4-18(28)5-9-20/h3-12,15-16H,2,13-14H2,1H3,(H,30,32,34). The Morgan fingerprint density at radius 2 is 1.70 bits per heavy atom. The van der Waals surface area contributed by atoms with Gasteiger partial charge in [0.1, 0.15) is 5.57 Å². The number of amides is 4. The molecule has 0 saturated carbocycles. The van der Waals surface area contributed by atoms with Gasteiger partial charge in [0.05, 0.1) is 18.9 Å². The van der Waals surface area contributed by atoms with E-state index in [2.05, 4.69) is 21.2 Å². The molecular formula is C27H22BrClN2O5S. The van der Waals surface area contributed by atoms with Gasteiger partial charge in [-0.3, -0.25) is 14.9 Å². The van der Waals surface area contributed by atoms with Crippen molar-refractivity contribution in [2.24, 2.45) is 0 Å². The summed E-state index contributed by atoms with van der Waals surface area (Å²) >= 11 is 10.9. The number of carbonyl (C=O) groups is 3. The van der Waals surface area contributed by atoms with Crippen LogP contribution in [0.15, 0.2) is 81.7 Å². The third kappa shape index (κ3) is 6.74. The molecule has 190 valence electrons. The zero-order valence-electron chi connectivity index (χ0n) is 19.7. The molecule has 0 bridgehead atoms. The zero-order valence-corrected chi connectivity index (χ0v) is 22.9. The molecule has 1 saturated heterocycles. The molecule has 0 aromatic heterocycles. The lowest BCUT2D eigenvalue weighted by Gasteiger charge is -2.26. The van der Waals surface area contributed by atoms with Gasteiger partial charge in [0.2, 0.25) is 0 Å². The third-order valence-electron chi connectivity index (χ3n) is 5.19. The van der Waals surface area contributed by atoms with Crippen LogP contribution in [0.5, 0.6) is 11.5 Å². The molecule has 37 heavy (non-hydrogen) atoms. The fraction of sp³-hybridized carbons (Fsp3) is 0.148. The Morgan fingerprint density at radius 1 is 0.973 bits per heavy atom. The smallest absolute Gasteiger partial charge is 0.335 e. The Bertz CT molecular complexity index is 1350. The number of carbonyl (C=O) groups excluding carboxylic acids is 3. The first-order chi connectivity index (χ1) is 17.9. The maximum atomic E-state index is 13.1. The van der Waals surface area contributed by atoms with Crippen molar-refractivity contribution in [3.8, 4) is 11.5 Å². The van der Waals surface area contributed by atoms with Crippen LogP contribution < -0.4 is 19.7 Å². The van der Waals surface area contributed by atoms with E-state index in [4.69, 9.17) is 21.1 Å². The van der Waals surface area contributed by atoms with Crippen LogP contribution in [0, 0.1) is 0 Å². The van der Waals surface area contributed by atoms with E-state index in [0.717, 1.165) is 14.3 Å². The quantitative estimate of drug-likeness (QED) is 0.133. The number of hydrogen-bond donors (Lipinski definition) is 1. The van der Waals surface area contributed by atoms with Crippen molar-refractivity contribution in [1.29, 1.82) is 0 Å². The van der Waals surface area contributed by atoms with E-state index in [1.165, 1.54) is 6.08 Å². The van der Waals surface area contributed by atoms with E-state index in [9.17, 15) is 14.4 Å². The van der Waals surface area contributed by atoms with Crippen molar-refractivity contribution in [2.75, 3.05) is 23.9 Å². The number of benzene rings is 3. The maximum Gasteiger partial charge on any atom is 0.335 e. The normalized spacial score (nSPS) is 14.6. The largest absolute Gasteiger partial charge is 0.490 e. The van der Waals surface area contributed by atoms with Crippen LogP contribution in [-0.4, -0.2) is 36.8 Å². The summed E-state index contributed by atoms with van der Waals surface area (Å²) in [5.41, 5.74) is 0.729. The van der Waals surface area contributed by atoms with Crippen molar-refractivity contribution < 1.29 is 23.9 Å². The minimum absolute atomic E-state index is 0.169. The van der Waals surface area contributed by atoms with E-state index < -0.39 is 17.8 Å². The molecule has 4 amide bonds. The van der Waals surface area contributed by atoms with Gasteiger partial charge < -0.3 is 9.47 Å². The van der Waals surface area contributed by atoms with Gasteiger partial charge >= 0.3 is 6.03 Å². The third-order valence-corrected chi connectivity index (χ3v) is 6.95. The van der Waals surface area contributed by atoms with Gasteiger partial charge in [-0.2, -0.15) is 0 Å². The topological polar surface area (TPSA) is 84.9 Å². The van der Waals surface area contributed by atoms with Gasteiger partial charge in [-0.05, 0) is 79.2 Å². The van der Waals surface area contributed by atoms with E-state index in [1.807, 2.05) is 31.2 Å². The van der Waals surface area contributed by atoms with E-state index in [0.29, 0.717) is 46.7 Å². The number of nitrogens with one attached hydrogen (secondary N) is 1. The Hall–Kier alpha value is -3.27. The number of hydrogen-bond acceptors (Lipinski definition) is 6. The van der Waals surface area contributed by atoms with Crippen LogP contribution in [-0.2, 0) is 9.59 Å². The summed E-state index contributed by atoms with van der Waals surface area (Å²) in [6, 6.07) is 18.6. The summed E-state index contributed by atoms with van der Waals surface area (Å²) < 4.78 is 12.5. The number of ether oxygens (including phenoxy) is 2. The van der Waals surface area contributed by atoms with Crippen molar-refractivity contribution in [1.82, 2.24) is 5.32 Å². The van der Waals surface area contributed by atoms with Crippen molar-refractivity contribution >= 4 is 68.9 Å². The first kappa shape index (κ1) is 26.8. The first-order valence-electron chi connectivity index (χ1n) is 11.3. The summed E-state index contributed by atoms with van der Waals surface area (Å²) in [5.74, 6) is 0.271. The summed E-state index contributed by atoms with van der Waals surface area (Å²) in [7, 11) is 0. The van der Waals surface area contributed by atoms with E-state index >= 15 is 0 Å². The zero-order chi connectivity index (χ0) is 26.4. The number of anilines is 1. The second kappa shape index (κ2) is 12.3. The molecule has 3 aromatic rings. The summed E-state index contributed by atoms with van der Waals surface area (Å²) in [6.45, 7) is 2.70. The molecule has 1 N–H and O–H groups in total. The van der Waals surface area contributed by atoms with Crippen LogP contribution in [0.1, 0.15) is 12.5 Å². The van der Waals surface area contributed by atoms with Gasteiger partial charge in [0.15, 0.2) is 11.5 Å². The number of urea groups is 1. The number of thioether (sulfide) groups is 1. The van der Waals surface area contributed by atoms with Gasteiger partial charge in [-0.15, -0.1) is 11.8 Å². The molecule has 7 nitrogen and oxygen atoms in total. The SMILES string of the molecule is CCOc1cc(C=C2C(=O)NC(=O)N(c3ccc(Br)cc3)C2=O)ccc1OCCSc1ccc(Cl)cc1. The molecule has 0 unspecified atom stereocenters. The Morgan fingerprint density at radius 3 is 2.41 bits per heavy atom. The molecule has 1 aliphatic rings. The molecule has 3 aromatic carbocycles. The van der Waals surface area contributed by atoms with Crippen molar-refractivity contribution in [3.63, 3.8) is 0 Å². The van der Waals surface area contributed by atoms with Crippen LogP contribution >= 0.6 is 39.3 Å². The molecule has 1 aliphatic heterocycles. The molecule has 1 fully saturated rings. The van der Waals surface area contributed by atoms with Gasteiger partial charge in [0.25, 0.3) is 11.8 Å². The molecule has 10 heteroatoms. The molecule has 1 heterocycles. The number of imide groups is 2. The average Bonchev–Trinajstić information content (AvgIpc) is 2.87. The van der Waals surface area contributed by atoms with Crippen molar-refractivity contribution in [2.45, 2.75) is 11.8 Å². The Labute approximate surface area is 231 Å². The minimum Gasteiger partial charge on any atom is -0.490 e. The predicted molar refractivity (Wildman–Crippen MR) is 148 cm³/mol. The number of barbiturate groups is 1. The van der Waals surface area contributed by atoms with Crippen LogP contribution in [0.3, 0.4) is 0 Å². The second-order valence-corrected chi connectivity index (χ2v) is 10.2. The highest BCUT2D eigenvalue weighted by Gasteiger charge is 2.36. The molecule has 0 aliphatic carbocycles. The average molecular weight is 602 g/mol. The van der Waals surface area contributed by atoms with E-state index in [1.54, 1.807) is 54.2 Å². The highest BCUT2D eigenvalue weighted by Crippen LogP contribution is 2.31. The van der Waals surface area contributed by atoms with Gasteiger partial charge in [-0.1, -0.05) is 33.6 Å². The summed E-state index contributed by atoms with van der Waals surface area (Å²) in [5, 5.41) is 2.92. The highest BCUT2D eigenvalue weighted by molar-refractivity contribution is 9.10. The maximum absolute atomic E-state index is 13.1. The Balaban J connectivity index is 1.50. The monoisotopic (exact) mass is 600 g/mol. The van der Waals surface area contributed by atoms with Gasteiger partial charge in [0, 0.05) is 20.1 Å². The number of rotatable bonds is 9.